The van der Waals surface area contributed by atoms with Gasteiger partial charge in [-0.15, -0.1) is 0 Å². The van der Waals surface area contributed by atoms with E-state index in [0.29, 0.717) is 11.8 Å². The van der Waals surface area contributed by atoms with Gasteiger partial charge >= 0.3 is 6.18 Å². The minimum atomic E-state index is -4.23. The first-order valence-corrected chi connectivity index (χ1v) is 6.59. The highest BCUT2D eigenvalue weighted by Crippen LogP contribution is 2.38. The molecule has 1 aliphatic carbocycles. The van der Waals surface area contributed by atoms with E-state index in [1.54, 1.807) is 6.07 Å². The zero-order chi connectivity index (χ0) is 13.3. The topological polar surface area (TPSA) is 0 Å². The minimum Gasteiger partial charge on any atom is -0.166 e. The fraction of sp³-hybridized carbons (Fsp3) is 0.600. The number of aryl methyl sites for hydroxylation is 1. The van der Waals surface area contributed by atoms with E-state index in [1.807, 2.05) is 0 Å². The standard InChI is InChI=1S/C15H19F3/c1-10(2)13-6-4-3-5-11-9-12(15(16,17)18)7-8-14(11)13/h7-10,13H,3-6H2,1-2H3/t13-/m0/s1. The molecule has 2 rings (SSSR count). The first kappa shape index (κ1) is 13.4. The highest BCUT2D eigenvalue weighted by Gasteiger charge is 2.32. The van der Waals surface area contributed by atoms with Crippen LogP contribution >= 0.6 is 0 Å². The summed E-state index contributed by atoms with van der Waals surface area (Å²) in [5, 5.41) is 0. The maximum atomic E-state index is 12.7. The summed E-state index contributed by atoms with van der Waals surface area (Å²) in [6, 6.07) is 4.30. The Morgan fingerprint density at radius 3 is 2.50 bits per heavy atom. The lowest BCUT2D eigenvalue weighted by molar-refractivity contribution is -0.137. The molecule has 0 aromatic heterocycles. The maximum absolute atomic E-state index is 12.7. The molecule has 0 heterocycles. The van der Waals surface area contributed by atoms with E-state index in [9.17, 15) is 13.2 Å². The van der Waals surface area contributed by atoms with Crippen molar-refractivity contribution in [2.45, 2.75) is 51.6 Å². The Hall–Kier alpha value is -0.990. The van der Waals surface area contributed by atoms with Gasteiger partial charge in [0.25, 0.3) is 0 Å². The second-order valence-electron chi connectivity index (χ2n) is 5.51. The molecule has 1 atom stereocenters. The molecule has 0 radical (unpaired) electrons. The van der Waals surface area contributed by atoms with Crippen LogP contribution in [0.4, 0.5) is 13.2 Å². The van der Waals surface area contributed by atoms with Crippen LogP contribution in [0.5, 0.6) is 0 Å². The van der Waals surface area contributed by atoms with Gasteiger partial charge in [-0.3, -0.25) is 0 Å². The van der Waals surface area contributed by atoms with Crippen LogP contribution in [-0.4, -0.2) is 0 Å². The van der Waals surface area contributed by atoms with E-state index < -0.39 is 11.7 Å². The summed E-state index contributed by atoms with van der Waals surface area (Å²) in [4.78, 5) is 0. The predicted octanol–water partition coefficient (Wildman–Crippen LogP) is 5.17. The zero-order valence-electron chi connectivity index (χ0n) is 10.8. The SMILES string of the molecule is CC(C)[C@@H]1CCCCc2cc(C(F)(F)F)ccc21. The van der Waals surface area contributed by atoms with Gasteiger partial charge in [-0.1, -0.05) is 26.3 Å². The third-order valence-corrected chi connectivity index (χ3v) is 3.89. The van der Waals surface area contributed by atoms with E-state index in [-0.39, 0.29) is 0 Å². The van der Waals surface area contributed by atoms with Crippen molar-refractivity contribution in [2.24, 2.45) is 5.92 Å². The summed E-state index contributed by atoms with van der Waals surface area (Å²) in [7, 11) is 0. The van der Waals surface area contributed by atoms with Gasteiger partial charge in [-0.25, -0.2) is 0 Å². The lowest BCUT2D eigenvalue weighted by Gasteiger charge is -2.22. The molecule has 0 saturated carbocycles. The van der Waals surface area contributed by atoms with Crippen LogP contribution in [0.1, 0.15) is 55.7 Å². The minimum absolute atomic E-state index is 0.407. The van der Waals surface area contributed by atoms with Crippen molar-refractivity contribution in [2.75, 3.05) is 0 Å². The van der Waals surface area contributed by atoms with Gasteiger partial charge in [0.05, 0.1) is 5.56 Å². The van der Waals surface area contributed by atoms with E-state index in [0.717, 1.165) is 36.8 Å². The average molecular weight is 256 g/mol. The van der Waals surface area contributed by atoms with Crippen LogP contribution in [0.3, 0.4) is 0 Å². The van der Waals surface area contributed by atoms with Gasteiger partial charge in [0.2, 0.25) is 0 Å². The molecule has 100 valence electrons. The number of benzene rings is 1. The fourth-order valence-corrected chi connectivity index (χ4v) is 2.89. The highest BCUT2D eigenvalue weighted by molar-refractivity contribution is 5.37. The van der Waals surface area contributed by atoms with Crippen LogP contribution in [0.15, 0.2) is 18.2 Å². The second kappa shape index (κ2) is 4.94. The van der Waals surface area contributed by atoms with Gasteiger partial charge in [-0.2, -0.15) is 13.2 Å². The molecule has 1 aromatic rings. The van der Waals surface area contributed by atoms with Gasteiger partial charge in [-0.05, 0) is 54.4 Å². The molecule has 1 aliphatic rings. The Balaban J connectivity index is 2.42. The van der Waals surface area contributed by atoms with Crippen molar-refractivity contribution in [3.05, 3.63) is 34.9 Å². The van der Waals surface area contributed by atoms with Crippen LogP contribution in [0, 0.1) is 5.92 Å². The molecule has 0 N–H and O–H groups in total. The molecule has 0 spiro atoms. The predicted molar refractivity (Wildman–Crippen MR) is 66.6 cm³/mol. The maximum Gasteiger partial charge on any atom is 0.416 e. The molecular formula is C15H19F3. The lowest BCUT2D eigenvalue weighted by Crippen LogP contribution is -2.10. The molecule has 0 bridgehead atoms. The van der Waals surface area contributed by atoms with E-state index >= 15 is 0 Å². The normalized spacial score (nSPS) is 20.7. The number of fused-ring (bicyclic) bond motifs is 1. The molecule has 3 heteroatoms. The first-order chi connectivity index (χ1) is 8.39. The third-order valence-electron chi connectivity index (χ3n) is 3.89. The van der Waals surface area contributed by atoms with Gasteiger partial charge in [0, 0.05) is 0 Å². The van der Waals surface area contributed by atoms with Crippen molar-refractivity contribution >= 4 is 0 Å². The summed E-state index contributed by atoms with van der Waals surface area (Å²) >= 11 is 0. The summed E-state index contributed by atoms with van der Waals surface area (Å²) < 4.78 is 38.1. The van der Waals surface area contributed by atoms with Crippen LogP contribution in [0.2, 0.25) is 0 Å². The molecule has 0 nitrogen and oxygen atoms in total. The smallest absolute Gasteiger partial charge is 0.166 e. The quantitative estimate of drug-likeness (QED) is 0.608. The lowest BCUT2D eigenvalue weighted by atomic mass is 9.83. The molecule has 0 amide bonds. The monoisotopic (exact) mass is 256 g/mol. The molecular weight excluding hydrogens is 237 g/mol. The Morgan fingerprint density at radius 2 is 1.89 bits per heavy atom. The summed E-state index contributed by atoms with van der Waals surface area (Å²) in [6.45, 7) is 4.30. The molecule has 0 aliphatic heterocycles. The van der Waals surface area contributed by atoms with E-state index in [4.69, 9.17) is 0 Å². The second-order valence-corrected chi connectivity index (χ2v) is 5.51. The molecule has 0 fully saturated rings. The van der Waals surface area contributed by atoms with E-state index in [1.165, 1.54) is 12.1 Å². The number of rotatable bonds is 1. The largest absolute Gasteiger partial charge is 0.416 e. The first-order valence-electron chi connectivity index (χ1n) is 6.59. The van der Waals surface area contributed by atoms with Crippen molar-refractivity contribution in [1.82, 2.24) is 0 Å². The Kier molecular flexibility index (Phi) is 3.69. The van der Waals surface area contributed by atoms with Crippen molar-refractivity contribution < 1.29 is 13.2 Å². The van der Waals surface area contributed by atoms with Crippen LogP contribution in [-0.2, 0) is 12.6 Å². The van der Waals surface area contributed by atoms with Crippen molar-refractivity contribution in [3.8, 4) is 0 Å². The average Bonchev–Trinajstić information content (AvgIpc) is 2.48. The molecule has 0 unspecified atom stereocenters. The number of hydrogen-bond acceptors (Lipinski definition) is 0. The number of halogens is 3. The summed E-state index contributed by atoms with van der Waals surface area (Å²) in [5.74, 6) is 0.892. The van der Waals surface area contributed by atoms with Crippen LogP contribution < -0.4 is 0 Å². The summed E-state index contributed by atoms with van der Waals surface area (Å²) in [6.07, 6.45) is -0.246. The fourth-order valence-electron chi connectivity index (χ4n) is 2.89. The molecule has 0 saturated heterocycles. The Bertz CT molecular complexity index is 418. The third kappa shape index (κ3) is 2.70. The summed E-state index contributed by atoms with van der Waals surface area (Å²) in [5.41, 5.74) is 1.53. The Labute approximate surface area is 106 Å². The van der Waals surface area contributed by atoms with Crippen LogP contribution in [0.25, 0.3) is 0 Å². The molecule has 1 aromatic carbocycles. The number of alkyl halides is 3. The van der Waals surface area contributed by atoms with E-state index in [2.05, 4.69) is 13.8 Å². The van der Waals surface area contributed by atoms with Crippen molar-refractivity contribution in [1.29, 1.82) is 0 Å². The highest BCUT2D eigenvalue weighted by atomic mass is 19.4. The molecule has 18 heavy (non-hydrogen) atoms. The van der Waals surface area contributed by atoms with Gasteiger partial charge in [0.15, 0.2) is 0 Å². The Morgan fingerprint density at radius 1 is 1.17 bits per heavy atom. The van der Waals surface area contributed by atoms with Crippen molar-refractivity contribution in [3.63, 3.8) is 0 Å². The van der Waals surface area contributed by atoms with Gasteiger partial charge < -0.3 is 0 Å². The zero-order valence-corrected chi connectivity index (χ0v) is 10.8. The number of hydrogen-bond donors (Lipinski definition) is 0. The van der Waals surface area contributed by atoms with Gasteiger partial charge in [0.1, 0.15) is 0 Å².